The predicted molar refractivity (Wildman–Crippen MR) is 59.0 cm³/mol. The number of Topliss-reactive ketones (excluding diaryl/α,β-unsaturated/α-hetero) is 1. The van der Waals surface area contributed by atoms with E-state index < -0.39 is 11.9 Å². The maximum Gasteiger partial charge on any atom is 0.182 e. The summed E-state index contributed by atoms with van der Waals surface area (Å²) < 4.78 is 18.8. The molecule has 1 heterocycles. The highest BCUT2D eigenvalue weighted by atomic mass is 19.1. The molecule has 1 aromatic carbocycles. The van der Waals surface area contributed by atoms with Crippen molar-refractivity contribution in [2.24, 2.45) is 0 Å². The molecule has 84 valence electrons. The Labute approximate surface area is 92.2 Å². The molecule has 2 rings (SSSR count). The van der Waals surface area contributed by atoms with E-state index in [1.807, 2.05) is 0 Å². The van der Waals surface area contributed by atoms with E-state index in [4.69, 9.17) is 4.42 Å². The number of fused-ring (bicyclic) bond motifs is 1. The van der Waals surface area contributed by atoms with Gasteiger partial charge in [0.05, 0.1) is 17.9 Å². The number of nitrogens with one attached hydrogen (secondary N) is 1. The van der Waals surface area contributed by atoms with E-state index >= 15 is 0 Å². The van der Waals surface area contributed by atoms with Crippen LogP contribution in [0.5, 0.6) is 0 Å². The van der Waals surface area contributed by atoms with Crippen LogP contribution >= 0.6 is 0 Å². The molecule has 1 aromatic heterocycles. The number of benzene rings is 1. The number of carbonyl (C=O) groups is 1. The minimum absolute atomic E-state index is 0.0595. The third-order valence-electron chi connectivity index (χ3n) is 2.63. The topological polar surface area (TPSA) is 42.2 Å². The molecule has 16 heavy (non-hydrogen) atoms. The number of likely N-dealkylation sites (N-methyl/N-ethyl adjacent to an activating group) is 1. The number of hydrogen-bond acceptors (Lipinski definition) is 3. The summed E-state index contributed by atoms with van der Waals surface area (Å²) in [6, 6.07) is 4.01. The molecule has 0 aliphatic rings. The van der Waals surface area contributed by atoms with Gasteiger partial charge in [0.2, 0.25) is 0 Å². The smallest absolute Gasteiger partial charge is 0.182 e. The van der Waals surface area contributed by atoms with Gasteiger partial charge >= 0.3 is 0 Å². The van der Waals surface area contributed by atoms with Crippen molar-refractivity contribution in [1.82, 2.24) is 5.32 Å². The van der Waals surface area contributed by atoms with Crippen molar-refractivity contribution in [3.8, 4) is 0 Å². The summed E-state index contributed by atoms with van der Waals surface area (Å²) >= 11 is 0. The first kappa shape index (κ1) is 10.8. The predicted octanol–water partition coefficient (Wildman–Crippen LogP) is 2.36. The monoisotopic (exact) mass is 221 g/mol. The van der Waals surface area contributed by atoms with Gasteiger partial charge in [-0.2, -0.15) is 0 Å². The molecular formula is C12H12FNO2. The standard InChI is InChI=1S/C12H12FNO2/c1-7(14-2)12(15)9-6-11-8(3-4-16-11)5-10(9)13/h3-7,14H,1-2H3/t7-/m0/s1. The highest BCUT2D eigenvalue weighted by Gasteiger charge is 2.18. The Kier molecular flexibility index (Phi) is 2.75. The maximum absolute atomic E-state index is 13.7. The fourth-order valence-electron chi connectivity index (χ4n) is 1.53. The lowest BCUT2D eigenvalue weighted by Gasteiger charge is -2.09. The lowest BCUT2D eigenvalue weighted by atomic mass is 10.0. The molecule has 0 unspecified atom stereocenters. The molecule has 0 fully saturated rings. The van der Waals surface area contributed by atoms with E-state index in [9.17, 15) is 9.18 Å². The SMILES string of the molecule is CN[C@@H](C)C(=O)c1cc2occc2cc1F. The largest absolute Gasteiger partial charge is 0.464 e. The van der Waals surface area contributed by atoms with Crippen molar-refractivity contribution in [1.29, 1.82) is 0 Å². The molecule has 4 heteroatoms. The molecule has 2 aromatic rings. The summed E-state index contributed by atoms with van der Waals surface area (Å²) in [5, 5.41) is 3.44. The van der Waals surface area contributed by atoms with Gasteiger partial charge in [-0.25, -0.2) is 4.39 Å². The molecule has 0 saturated carbocycles. The molecule has 1 atom stereocenters. The van der Waals surface area contributed by atoms with Gasteiger partial charge in [0.15, 0.2) is 5.78 Å². The average Bonchev–Trinajstić information content (AvgIpc) is 2.72. The van der Waals surface area contributed by atoms with E-state index in [2.05, 4.69) is 5.32 Å². The molecule has 0 amide bonds. The Morgan fingerprint density at radius 1 is 1.50 bits per heavy atom. The van der Waals surface area contributed by atoms with Crippen LogP contribution in [0.4, 0.5) is 4.39 Å². The second kappa shape index (κ2) is 4.06. The first-order chi connectivity index (χ1) is 7.63. The van der Waals surface area contributed by atoms with Crippen molar-refractivity contribution >= 4 is 16.8 Å². The van der Waals surface area contributed by atoms with Gasteiger partial charge in [0, 0.05) is 5.39 Å². The molecule has 1 N–H and O–H groups in total. The Hall–Kier alpha value is -1.68. The molecule has 0 radical (unpaired) electrons. The lowest BCUT2D eigenvalue weighted by Crippen LogP contribution is -2.31. The number of ketones is 1. The fraction of sp³-hybridized carbons (Fsp3) is 0.250. The van der Waals surface area contributed by atoms with Crippen LogP contribution in [-0.2, 0) is 0 Å². The quantitative estimate of drug-likeness (QED) is 0.809. The number of carbonyl (C=O) groups excluding carboxylic acids is 1. The summed E-state index contributed by atoms with van der Waals surface area (Å²) in [7, 11) is 1.66. The van der Waals surface area contributed by atoms with Gasteiger partial charge in [-0.15, -0.1) is 0 Å². The summed E-state index contributed by atoms with van der Waals surface area (Å²) in [5.74, 6) is -0.792. The summed E-state index contributed by atoms with van der Waals surface area (Å²) in [4.78, 5) is 11.8. The fourth-order valence-corrected chi connectivity index (χ4v) is 1.53. The van der Waals surface area contributed by atoms with Gasteiger partial charge in [0.1, 0.15) is 11.4 Å². The van der Waals surface area contributed by atoms with Crippen LogP contribution in [0.1, 0.15) is 17.3 Å². The Balaban J connectivity index is 2.51. The van der Waals surface area contributed by atoms with E-state index in [1.165, 1.54) is 18.4 Å². The van der Waals surface area contributed by atoms with E-state index in [-0.39, 0.29) is 11.3 Å². The molecule has 0 aliphatic heterocycles. The summed E-state index contributed by atoms with van der Waals surface area (Å²) in [5.41, 5.74) is 0.581. The normalized spacial score (nSPS) is 12.9. The third-order valence-corrected chi connectivity index (χ3v) is 2.63. The molecule has 0 aliphatic carbocycles. The zero-order valence-corrected chi connectivity index (χ0v) is 9.08. The molecule has 0 spiro atoms. The Bertz CT molecular complexity index is 533. The summed E-state index contributed by atoms with van der Waals surface area (Å²) in [6.45, 7) is 1.69. The minimum Gasteiger partial charge on any atom is -0.464 e. The highest BCUT2D eigenvalue weighted by Crippen LogP contribution is 2.21. The van der Waals surface area contributed by atoms with Crippen LogP contribution in [0.25, 0.3) is 11.0 Å². The van der Waals surface area contributed by atoms with Crippen molar-refractivity contribution in [3.05, 3.63) is 35.8 Å². The first-order valence-corrected chi connectivity index (χ1v) is 5.01. The van der Waals surface area contributed by atoms with Gasteiger partial charge in [-0.05, 0) is 32.2 Å². The van der Waals surface area contributed by atoms with Gasteiger partial charge < -0.3 is 9.73 Å². The minimum atomic E-state index is -0.513. The lowest BCUT2D eigenvalue weighted by molar-refractivity contribution is 0.0951. The van der Waals surface area contributed by atoms with E-state index in [0.29, 0.717) is 11.0 Å². The Morgan fingerprint density at radius 3 is 2.94 bits per heavy atom. The van der Waals surface area contributed by atoms with Crippen molar-refractivity contribution in [3.63, 3.8) is 0 Å². The number of halogens is 1. The zero-order valence-electron chi connectivity index (χ0n) is 9.08. The van der Waals surface area contributed by atoms with E-state index in [0.717, 1.165) is 0 Å². The van der Waals surface area contributed by atoms with Crippen molar-refractivity contribution in [2.45, 2.75) is 13.0 Å². The number of furan rings is 1. The second-order valence-corrected chi connectivity index (χ2v) is 3.67. The van der Waals surface area contributed by atoms with Gasteiger partial charge in [-0.3, -0.25) is 4.79 Å². The number of hydrogen-bond donors (Lipinski definition) is 1. The zero-order chi connectivity index (χ0) is 11.7. The third kappa shape index (κ3) is 1.72. The molecule has 0 bridgehead atoms. The Morgan fingerprint density at radius 2 is 2.25 bits per heavy atom. The van der Waals surface area contributed by atoms with Gasteiger partial charge in [-0.1, -0.05) is 0 Å². The van der Waals surface area contributed by atoms with Crippen LogP contribution < -0.4 is 5.32 Å². The van der Waals surface area contributed by atoms with Crippen molar-refractivity contribution < 1.29 is 13.6 Å². The average molecular weight is 221 g/mol. The van der Waals surface area contributed by atoms with Crippen LogP contribution in [0.3, 0.4) is 0 Å². The van der Waals surface area contributed by atoms with Gasteiger partial charge in [0.25, 0.3) is 0 Å². The highest BCUT2D eigenvalue weighted by molar-refractivity contribution is 6.02. The van der Waals surface area contributed by atoms with Crippen molar-refractivity contribution in [2.75, 3.05) is 7.05 Å². The van der Waals surface area contributed by atoms with Crippen LogP contribution in [-0.4, -0.2) is 18.9 Å². The summed E-state index contributed by atoms with van der Waals surface area (Å²) in [6.07, 6.45) is 1.47. The maximum atomic E-state index is 13.7. The molecular weight excluding hydrogens is 209 g/mol. The molecule has 3 nitrogen and oxygen atoms in total. The second-order valence-electron chi connectivity index (χ2n) is 3.67. The van der Waals surface area contributed by atoms with Crippen LogP contribution in [0, 0.1) is 5.82 Å². The van der Waals surface area contributed by atoms with Crippen LogP contribution in [0.2, 0.25) is 0 Å². The van der Waals surface area contributed by atoms with Crippen LogP contribution in [0.15, 0.2) is 28.9 Å². The molecule has 0 saturated heterocycles. The number of rotatable bonds is 3. The first-order valence-electron chi connectivity index (χ1n) is 5.01. The van der Waals surface area contributed by atoms with E-state index in [1.54, 1.807) is 20.0 Å².